The first kappa shape index (κ1) is 82.7. The Kier molecular flexibility index (Phi) is 82.5. The Labute approximate surface area is 352 Å². The van der Waals surface area contributed by atoms with E-state index in [1.165, 1.54) is 45.1 Å². The number of ether oxygens (including phenoxy) is 1. The van der Waals surface area contributed by atoms with Crippen LogP contribution in [0.3, 0.4) is 0 Å². The third-order valence-corrected chi connectivity index (χ3v) is 4.29. The molecule has 0 radical (unpaired) electrons. The summed E-state index contributed by atoms with van der Waals surface area (Å²) in [6, 6.07) is 2.03. The van der Waals surface area contributed by atoms with E-state index in [1.807, 2.05) is 47.6 Å². The Hall–Kier alpha value is -1.23. The van der Waals surface area contributed by atoms with Gasteiger partial charge in [-0.15, -0.1) is 6.58 Å². The van der Waals surface area contributed by atoms with E-state index in [9.17, 15) is 26.3 Å². The van der Waals surface area contributed by atoms with Gasteiger partial charge < -0.3 is 4.74 Å². The van der Waals surface area contributed by atoms with E-state index in [0.717, 1.165) is 37.7 Å². The van der Waals surface area contributed by atoms with Crippen LogP contribution in [0.5, 0.6) is 0 Å². The Balaban J connectivity index is -0.0000000444. The zero-order valence-electron chi connectivity index (χ0n) is 42.2. The highest BCUT2D eigenvalue weighted by Crippen LogP contribution is 2.43. The normalized spacial score (nSPS) is 11.4. The Morgan fingerprint density at radius 1 is 0.732 bits per heavy atom. The second-order valence-electron chi connectivity index (χ2n) is 19.1. The van der Waals surface area contributed by atoms with Crippen molar-refractivity contribution in [1.29, 1.82) is 5.26 Å². The number of methoxy groups -OCH3 is 1. The molecule has 0 saturated heterocycles. The summed E-state index contributed by atoms with van der Waals surface area (Å²) in [6.45, 7) is 55.8. The zero-order chi connectivity index (χ0) is 47.4. The van der Waals surface area contributed by atoms with Crippen molar-refractivity contribution in [2.24, 2.45) is 52.3 Å². The van der Waals surface area contributed by atoms with E-state index >= 15 is 0 Å². The quantitative estimate of drug-likeness (QED) is 0.204. The Morgan fingerprint density at radius 3 is 0.893 bits per heavy atom. The number of allylic oxidation sites excluding steroid dienone is 1. The van der Waals surface area contributed by atoms with Gasteiger partial charge in [-0.1, -0.05) is 178 Å². The van der Waals surface area contributed by atoms with Crippen molar-refractivity contribution < 1.29 is 31.1 Å². The number of hydrogen-bond acceptors (Lipinski definition) is 2. The minimum Gasteiger partial charge on any atom is -0.384 e. The van der Waals surface area contributed by atoms with Gasteiger partial charge in [0.1, 0.15) is 0 Å². The van der Waals surface area contributed by atoms with Crippen LogP contribution < -0.4 is 0 Å². The molecule has 1 fully saturated rings. The summed E-state index contributed by atoms with van der Waals surface area (Å²) >= 11 is 0. The van der Waals surface area contributed by atoms with E-state index < -0.39 is 24.4 Å². The standard InChI is InChI=1S/C5H12O.C5H10.2C5H12.C4H7F3.C4H8F2.C4H9F.C4H7N.C4H10.C4H8.C3H8.CH4/c1-5(2)4-6-3;1-5(2)3-4-5;1-5(2,3)4;1-4-5(2)3;1-3(2)4(5,6)7;1-3(2)4(5)6;2*1-4(2)3-5;2*1-4(2)3;1-3-2;/h5H,4H2,1-3H3;3-4H2,1-2H3;1-4H3;5H,4H2,1-3H3;3H,1-2H3;3-4H,1-2H3;4H,3H2,1-2H3;4H,1-2H3;4H,1-3H3;1H2,2-3H3;3H2,1-2H3;1H4. The third-order valence-electron chi connectivity index (χ3n) is 4.29. The molecule has 0 amide bonds. The highest BCUT2D eigenvalue weighted by Gasteiger charge is 2.31. The van der Waals surface area contributed by atoms with E-state index in [2.05, 4.69) is 117 Å². The minimum atomic E-state index is -4.00. The molecule has 2 nitrogen and oxygen atoms in total. The molecule has 0 aromatic rings. The first-order valence-electron chi connectivity index (χ1n) is 20.7. The van der Waals surface area contributed by atoms with Crippen molar-refractivity contribution in [3.8, 4) is 6.07 Å². The number of hydrogen-bond donors (Lipinski definition) is 0. The van der Waals surface area contributed by atoms with Crippen LogP contribution in [0, 0.1) is 63.6 Å². The lowest BCUT2D eigenvalue weighted by atomic mass is 10.0. The van der Waals surface area contributed by atoms with Gasteiger partial charge in [0.15, 0.2) is 0 Å². The topological polar surface area (TPSA) is 33.0 Å². The predicted molar refractivity (Wildman–Crippen MR) is 247 cm³/mol. The van der Waals surface area contributed by atoms with Crippen LogP contribution in [0.15, 0.2) is 12.2 Å². The molecule has 352 valence electrons. The molecule has 0 N–H and O–H groups in total. The van der Waals surface area contributed by atoms with Gasteiger partial charge in [0.25, 0.3) is 0 Å². The first-order chi connectivity index (χ1) is 24.3. The molecule has 8 heteroatoms. The fraction of sp³-hybridized carbons (Fsp3) is 0.938. The fourth-order valence-corrected chi connectivity index (χ4v) is 0.583. The van der Waals surface area contributed by atoms with Gasteiger partial charge in [-0.3, -0.25) is 4.39 Å². The van der Waals surface area contributed by atoms with Crippen molar-refractivity contribution >= 4 is 0 Å². The molecule has 1 aliphatic rings. The van der Waals surface area contributed by atoms with Crippen LogP contribution >= 0.6 is 0 Å². The second-order valence-corrected chi connectivity index (χ2v) is 19.1. The van der Waals surface area contributed by atoms with Gasteiger partial charge >= 0.3 is 6.18 Å². The predicted octanol–water partition coefficient (Wildman–Crippen LogP) is 19.4. The maximum atomic E-state index is 11.2. The van der Waals surface area contributed by atoms with Crippen LogP contribution in [0.25, 0.3) is 0 Å². The summed E-state index contributed by atoms with van der Waals surface area (Å²) < 4.78 is 71.8. The van der Waals surface area contributed by atoms with Gasteiger partial charge in [-0.25, -0.2) is 8.78 Å². The highest BCUT2D eigenvalue weighted by atomic mass is 19.4. The lowest BCUT2D eigenvalue weighted by Gasteiger charge is -2.07. The Bertz CT molecular complexity index is 676. The third kappa shape index (κ3) is 273. The van der Waals surface area contributed by atoms with Crippen molar-refractivity contribution in [3.05, 3.63) is 12.2 Å². The molecule has 0 heterocycles. The molecule has 0 aromatic heterocycles. The van der Waals surface area contributed by atoms with Crippen molar-refractivity contribution in [2.45, 2.75) is 226 Å². The molecule has 1 rings (SSSR count). The van der Waals surface area contributed by atoms with Crippen LogP contribution in [0.1, 0.15) is 213 Å². The first-order valence-corrected chi connectivity index (χ1v) is 20.7. The molecule has 1 saturated carbocycles. The van der Waals surface area contributed by atoms with Crippen molar-refractivity contribution in [1.82, 2.24) is 0 Å². The van der Waals surface area contributed by atoms with Gasteiger partial charge in [0.2, 0.25) is 6.43 Å². The molecular formula is C48H107F6NO. The van der Waals surface area contributed by atoms with E-state index in [0.29, 0.717) is 11.3 Å². The van der Waals surface area contributed by atoms with Crippen molar-refractivity contribution in [3.63, 3.8) is 0 Å². The average molecular weight is 828 g/mol. The van der Waals surface area contributed by atoms with Gasteiger partial charge in [0, 0.05) is 31.5 Å². The molecular weight excluding hydrogens is 721 g/mol. The lowest BCUT2D eigenvalue weighted by Crippen LogP contribution is -2.15. The summed E-state index contributed by atoms with van der Waals surface area (Å²) in [5, 5.41) is 7.89. The van der Waals surface area contributed by atoms with Crippen LogP contribution in [0.4, 0.5) is 26.3 Å². The smallest absolute Gasteiger partial charge is 0.384 e. The summed E-state index contributed by atoms with van der Waals surface area (Å²) in [4.78, 5) is 0. The number of halogens is 6. The van der Waals surface area contributed by atoms with E-state index in [1.54, 1.807) is 7.11 Å². The number of alkyl halides is 6. The molecule has 56 heavy (non-hydrogen) atoms. The number of nitrogens with zero attached hydrogens (tertiary/aromatic N) is 1. The summed E-state index contributed by atoms with van der Waals surface area (Å²) in [5.74, 6) is 1.12. The van der Waals surface area contributed by atoms with Crippen LogP contribution in [-0.4, -0.2) is 33.0 Å². The Morgan fingerprint density at radius 2 is 0.893 bits per heavy atom. The van der Waals surface area contributed by atoms with Gasteiger partial charge in [-0.05, 0) is 75.0 Å². The monoisotopic (exact) mass is 828 g/mol. The largest absolute Gasteiger partial charge is 0.391 e. The SMILES string of the molecule is C.C=C(C)C.CC(C)(C)C.CC(C)C.CC(C)C#N.CC(C)C(F)(F)F.CC(C)C(F)F.CC(C)CF.CC1(C)CC1.CCC.CCC(C)C.COCC(C)C. The summed E-state index contributed by atoms with van der Waals surface area (Å²) in [6.07, 6.45) is -0.690. The highest BCUT2D eigenvalue weighted by molar-refractivity contribution is 4.82. The number of nitriles is 1. The molecule has 0 spiro atoms. The van der Waals surface area contributed by atoms with E-state index in [4.69, 9.17) is 10.00 Å². The minimum absolute atomic E-state index is 0. The summed E-state index contributed by atoms with van der Waals surface area (Å²) in [7, 11) is 1.72. The summed E-state index contributed by atoms with van der Waals surface area (Å²) in [5.41, 5.74) is 2.42. The van der Waals surface area contributed by atoms with Gasteiger partial charge in [-0.2, -0.15) is 18.4 Å². The number of rotatable bonds is 5. The van der Waals surface area contributed by atoms with Crippen LogP contribution in [0.2, 0.25) is 0 Å². The second kappa shape index (κ2) is 55.9. The molecule has 0 aromatic carbocycles. The zero-order valence-corrected chi connectivity index (χ0v) is 42.2. The maximum Gasteiger partial charge on any atom is 0.391 e. The van der Waals surface area contributed by atoms with E-state index in [-0.39, 0.29) is 25.9 Å². The molecule has 0 unspecified atom stereocenters. The molecule has 0 bridgehead atoms. The molecule has 0 aliphatic heterocycles. The van der Waals surface area contributed by atoms with Crippen molar-refractivity contribution in [2.75, 3.05) is 20.4 Å². The maximum absolute atomic E-state index is 11.2. The average Bonchev–Trinajstić information content (AvgIpc) is 3.67. The molecule has 1 aliphatic carbocycles. The fourth-order valence-electron chi connectivity index (χ4n) is 0.583. The van der Waals surface area contributed by atoms with Crippen LogP contribution in [-0.2, 0) is 4.74 Å². The van der Waals surface area contributed by atoms with Gasteiger partial charge in [0.05, 0.1) is 12.7 Å². The molecule has 0 atom stereocenters. The lowest BCUT2D eigenvalue weighted by molar-refractivity contribution is -0.164.